The summed E-state index contributed by atoms with van der Waals surface area (Å²) in [6, 6.07) is 0. The van der Waals surface area contributed by atoms with Crippen LogP contribution in [-0.2, 0) is 16.0 Å². The Morgan fingerprint density at radius 2 is 2.10 bits per heavy atom. The molecule has 6 heteroatoms. The summed E-state index contributed by atoms with van der Waals surface area (Å²) in [5.41, 5.74) is 1.11. The number of carbonyl (C=O) groups excluding carboxylic acids is 1. The van der Waals surface area contributed by atoms with Crippen LogP contribution >= 0.6 is 11.8 Å². The molecule has 1 saturated carbocycles. The van der Waals surface area contributed by atoms with Crippen LogP contribution in [0.2, 0.25) is 0 Å². The molecule has 1 aromatic heterocycles. The molecule has 21 heavy (non-hydrogen) atoms. The van der Waals surface area contributed by atoms with Crippen LogP contribution in [0, 0.1) is 6.92 Å². The van der Waals surface area contributed by atoms with Crippen LogP contribution < -0.4 is 5.56 Å². The fraction of sp³-hybridized carbons (Fsp3) is 0.667. The number of nitrogens with one attached hydrogen (secondary N) is 1. The lowest BCUT2D eigenvalue weighted by Gasteiger charge is -2.21. The Morgan fingerprint density at radius 1 is 1.38 bits per heavy atom. The molecule has 1 aromatic rings. The van der Waals surface area contributed by atoms with Crippen LogP contribution in [0.4, 0.5) is 0 Å². The fourth-order valence-corrected chi connectivity index (χ4v) is 3.05. The van der Waals surface area contributed by atoms with Crippen molar-refractivity contribution in [1.82, 2.24) is 9.97 Å². The van der Waals surface area contributed by atoms with E-state index < -0.39 is 0 Å². The molecular formula is C15H22N2O3S. The first-order valence-electron chi connectivity index (χ1n) is 7.43. The molecule has 0 unspecified atom stereocenters. The molecule has 0 radical (unpaired) electrons. The number of hydrogen-bond donors (Lipinski definition) is 1. The zero-order valence-corrected chi connectivity index (χ0v) is 13.4. The van der Waals surface area contributed by atoms with E-state index >= 15 is 0 Å². The molecule has 1 aliphatic carbocycles. The van der Waals surface area contributed by atoms with Crippen molar-refractivity contribution in [2.24, 2.45) is 0 Å². The van der Waals surface area contributed by atoms with Crippen molar-refractivity contribution in [2.45, 2.75) is 63.1 Å². The van der Waals surface area contributed by atoms with Gasteiger partial charge in [-0.2, -0.15) is 0 Å². The molecule has 0 aromatic carbocycles. The van der Waals surface area contributed by atoms with Crippen LogP contribution in [0.15, 0.2) is 9.95 Å². The average molecular weight is 310 g/mol. The lowest BCUT2D eigenvalue weighted by Crippen LogP contribution is -2.23. The maximum Gasteiger partial charge on any atom is 0.306 e. The number of thioether (sulfide) groups is 1. The Bertz CT molecular complexity index is 550. The Morgan fingerprint density at radius 3 is 2.71 bits per heavy atom. The highest BCUT2D eigenvalue weighted by Crippen LogP contribution is 2.21. The maximum absolute atomic E-state index is 12.0. The molecule has 0 amide bonds. The van der Waals surface area contributed by atoms with Crippen LogP contribution in [0.1, 0.15) is 49.8 Å². The zero-order chi connectivity index (χ0) is 15.2. The van der Waals surface area contributed by atoms with E-state index in [4.69, 9.17) is 4.74 Å². The minimum Gasteiger partial charge on any atom is -0.462 e. The van der Waals surface area contributed by atoms with Crippen molar-refractivity contribution in [2.75, 3.05) is 6.26 Å². The summed E-state index contributed by atoms with van der Waals surface area (Å²) in [6.45, 7) is 1.80. The van der Waals surface area contributed by atoms with E-state index in [-0.39, 0.29) is 24.1 Å². The number of rotatable bonds is 5. The number of nitrogens with zero attached hydrogens (tertiary/aromatic N) is 1. The van der Waals surface area contributed by atoms with Crippen LogP contribution in [0.25, 0.3) is 0 Å². The van der Waals surface area contributed by atoms with Crippen molar-refractivity contribution in [3.8, 4) is 0 Å². The Labute approximate surface area is 128 Å². The number of H-pyrrole nitrogens is 1. The Hall–Kier alpha value is -1.30. The number of carbonyl (C=O) groups is 1. The first-order chi connectivity index (χ1) is 10.1. The highest BCUT2D eigenvalue weighted by Gasteiger charge is 2.18. The normalized spacial score (nSPS) is 15.9. The Balaban J connectivity index is 1.90. The predicted octanol–water partition coefficient (Wildman–Crippen LogP) is 2.61. The van der Waals surface area contributed by atoms with Gasteiger partial charge in [0.15, 0.2) is 5.16 Å². The smallest absolute Gasteiger partial charge is 0.306 e. The zero-order valence-electron chi connectivity index (χ0n) is 12.6. The van der Waals surface area contributed by atoms with E-state index in [2.05, 4.69) is 9.97 Å². The van der Waals surface area contributed by atoms with Gasteiger partial charge in [0.1, 0.15) is 6.10 Å². The number of ether oxygens (including phenoxy) is 1. The summed E-state index contributed by atoms with van der Waals surface area (Å²) in [6.07, 6.45) is 7.99. The van der Waals surface area contributed by atoms with Gasteiger partial charge in [-0.3, -0.25) is 9.59 Å². The number of aromatic nitrogens is 2. The first-order valence-corrected chi connectivity index (χ1v) is 8.66. The third-order valence-corrected chi connectivity index (χ3v) is 4.40. The van der Waals surface area contributed by atoms with E-state index in [0.717, 1.165) is 25.7 Å². The third kappa shape index (κ3) is 4.59. The van der Waals surface area contributed by atoms with Gasteiger partial charge in [-0.25, -0.2) is 4.98 Å². The SMILES string of the molecule is CSc1nc(C)c(CCC(=O)OC2CCCCC2)c(=O)[nH]1. The van der Waals surface area contributed by atoms with E-state index in [1.54, 1.807) is 6.92 Å². The van der Waals surface area contributed by atoms with Gasteiger partial charge in [0, 0.05) is 17.7 Å². The molecule has 1 fully saturated rings. The van der Waals surface area contributed by atoms with Crippen molar-refractivity contribution in [3.63, 3.8) is 0 Å². The first kappa shape index (κ1) is 16.1. The monoisotopic (exact) mass is 310 g/mol. The molecule has 116 valence electrons. The van der Waals surface area contributed by atoms with E-state index in [0.29, 0.717) is 22.8 Å². The number of hydrogen-bond acceptors (Lipinski definition) is 5. The van der Waals surface area contributed by atoms with Crippen LogP contribution in [-0.4, -0.2) is 28.3 Å². The highest BCUT2D eigenvalue weighted by molar-refractivity contribution is 7.98. The standard InChI is InChI=1S/C15H22N2O3S/c1-10-12(14(19)17-15(16-10)21-2)8-9-13(18)20-11-6-4-3-5-7-11/h11H,3-9H2,1-2H3,(H,16,17,19). The second kappa shape index (κ2) is 7.64. The summed E-state index contributed by atoms with van der Waals surface area (Å²) in [5, 5.41) is 0.603. The molecule has 0 aliphatic heterocycles. The highest BCUT2D eigenvalue weighted by atomic mass is 32.2. The second-order valence-electron chi connectivity index (χ2n) is 5.39. The molecule has 2 rings (SSSR count). The lowest BCUT2D eigenvalue weighted by atomic mass is 9.98. The van der Waals surface area contributed by atoms with Gasteiger partial charge in [-0.15, -0.1) is 0 Å². The molecule has 0 saturated heterocycles. The van der Waals surface area contributed by atoms with Gasteiger partial charge in [-0.1, -0.05) is 18.2 Å². The average Bonchev–Trinajstić information content (AvgIpc) is 2.47. The van der Waals surface area contributed by atoms with Gasteiger partial charge in [0.05, 0.1) is 0 Å². The van der Waals surface area contributed by atoms with Gasteiger partial charge >= 0.3 is 5.97 Å². The molecule has 1 N–H and O–H groups in total. The van der Waals surface area contributed by atoms with E-state index in [1.807, 2.05) is 6.26 Å². The van der Waals surface area contributed by atoms with Crippen molar-refractivity contribution >= 4 is 17.7 Å². The Kier molecular flexibility index (Phi) is 5.85. The summed E-state index contributed by atoms with van der Waals surface area (Å²) in [5.74, 6) is -0.213. The quantitative estimate of drug-likeness (QED) is 0.514. The number of aromatic amines is 1. The van der Waals surface area contributed by atoms with Crippen LogP contribution in [0.3, 0.4) is 0 Å². The van der Waals surface area contributed by atoms with Crippen molar-refractivity contribution < 1.29 is 9.53 Å². The maximum atomic E-state index is 12.0. The summed E-state index contributed by atoms with van der Waals surface area (Å²) in [7, 11) is 0. The second-order valence-corrected chi connectivity index (χ2v) is 6.18. The number of esters is 1. The molecular weight excluding hydrogens is 288 g/mol. The minimum atomic E-state index is -0.213. The molecule has 1 aliphatic rings. The van der Waals surface area contributed by atoms with Gasteiger partial charge in [0.25, 0.3) is 5.56 Å². The molecule has 5 nitrogen and oxygen atoms in total. The number of aryl methyl sites for hydroxylation is 1. The largest absolute Gasteiger partial charge is 0.462 e. The van der Waals surface area contributed by atoms with Gasteiger partial charge in [0.2, 0.25) is 0 Å². The lowest BCUT2D eigenvalue weighted by molar-refractivity contribution is -0.150. The molecule has 1 heterocycles. The van der Waals surface area contributed by atoms with Crippen molar-refractivity contribution in [3.05, 3.63) is 21.6 Å². The molecule has 0 bridgehead atoms. The van der Waals surface area contributed by atoms with E-state index in [9.17, 15) is 9.59 Å². The fourth-order valence-electron chi connectivity index (χ4n) is 2.63. The summed E-state index contributed by atoms with van der Waals surface area (Å²) >= 11 is 1.40. The van der Waals surface area contributed by atoms with Gasteiger partial charge < -0.3 is 9.72 Å². The van der Waals surface area contributed by atoms with Crippen LogP contribution in [0.5, 0.6) is 0 Å². The van der Waals surface area contributed by atoms with Gasteiger partial charge in [-0.05, 0) is 45.3 Å². The summed E-state index contributed by atoms with van der Waals surface area (Å²) in [4.78, 5) is 30.8. The molecule has 0 atom stereocenters. The summed E-state index contributed by atoms with van der Waals surface area (Å²) < 4.78 is 5.46. The van der Waals surface area contributed by atoms with Crippen molar-refractivity contribution in [1.29, 1.82) is 0 Å². The van der Waals surface area contributed by atoms with E-state index in [1.165, 1.54) is 18.2 Å². The minimum absolute atomic E-state index is 0.0719. The predicted molar refractivity (Wildman–Crippen MR) is 82.7 cm³/mol. The third-order valence-electron chi connectivity index (χ3n) is 3.82. The topological polar surface area (TPSA) is 72.0 Å². The molecule has 0 spiro atoms.